The lowest BCUT2D eigenvalue weighted by Crippen LogP contribution is -2.46. The molecule has 3 heteroatoms. The number of aromatic hydroxyl groups is 1. The summed E-state index contributed by atoms with van der Waals surface area (Å²) in [5.74, 6) is 0.850. The van der Waals surface area contributed by atoms with Gasteiger partial charge in [0.15, 0.2) is 5.78 Å². The van der Waals surface area contributed by atoms with Crippen LogP contribution in [0.25, 0.3) is 0 Å². The standard InChI is InChI=1S/C17H23NO2/c1-12(19)15-9-8-14(11-17(15)20)18-10-4-6-13-5-2-3-7-16(13)18/h8-9,11,13,16,20H,2-7,10H2,1H3/t13-,16-/m1/s1. The van der Waals surface area contributed by atoms with Crippen LogP contribution >= 0.6 is 0 Å². The van der Waals surface area contributed by atoms with Gasteiger partial charge in [-0.3, -0.25) is 4.79 Å². The minimum atomic E-state index is -0.0803. The summed E-state index contributed by atoms with van der Waals surface area (Å²) in [6, 6.07) is 6.15. The molecule has 0 aromatic heterocycles. The normalized spacial score (nSPS) is 26.1. The van der Waals surface area contributed by atoms with Crippen molar-refractivity contribution in [2.75, 3.05) is 11.4 Å². The third-order valence-electron chi connectivity index (χ3n) is 4.94. The molecule has 1 aromatic carbocycles. The summed E-state index contributed by atoms with van der Waals surface area (Å²) in [6.07, 6.45) is 7.87. The minimum absolute atomic E-state index is 0.0803. The molecule has 1 aliphatic heterocycles. The fourth-order valence-corrected chi connectivity index (χ4v) is 3.94. The SMILES string of the molecule is CC(=O)c1ccc(N2CCC[C@H]3CCCC[C@H]32)cc1O. The summed E-state index contributed by atoms with van der Waals surface area (Å²) in [5, 5.41) is 10.0. The van der Waals surface area contributed by atoms with E-state index in [1.807, 2.05) is 6.07 Å². The third kappa shape index (κ3) is 2.41. The molecule has 1 aliphatic carbocycles. The summed E-state index contributed by atoms with van der Waals surface area (Å²) >= 11 is 0. The molecule has 0 radical (unpaired) electrons. The van der Waals surface area contributed by atoms with E-state index in [9.17, 15) is 9.90 Å². The Bertz CT molecular complexity index is 510. The maximum Gasteiger partial charge on any atom is 0.163 e. The fourth-order valence-electron chi connectivity index (χ4n) is 3.94. The van der Waals surface area contributed by atoms with E-state index in [-0.39, 0.29) is 11.5 Å². The lowest BCUT2D eigenvalue weighted by Gasteiger charge is -2.45. The topological polar surface area (TPSA) is 40.5 Å². The van der Waals surface area contributed by atoms with Crippen LogP contribution in [0.4, 0.5) is 5.69 Å². The molecule has 3 rings (SSSR count). The van der Waals surface area contributed by atoms with Crippen molar-refractivity contribution < 1.29 is 9.90 Å². The van der Waals surface area contributed by atoms with Crippen LogP contribution in [0.2, 0.25) is 0 Å². The van der Waals surface area contributed by atoms with E-state index in [1.54, 1.807) is 12.1 Å². The number of phenolic OH excluding ortho intramolecular Hbond substituents is 1. The summed E-state index contributed by atoms with van der Waals surface area (Å²) in [7, 11) is 0. The van der Waals surface area contributed by atoms with Gasteiger partial charge in [-0.1, -0.05) is 12.8 Å². The van der Waals surface area contributed by atoms with E-state index in [0.29, 0.717) is 11.6 Å². The van der Waals surface area contributed by atoms with E-state index in [1.165, 1.54) is 45.4 Å². The molecule has 1 N–H and O–H groups in total. The number of ketones is 1. The van der Waals surface area contributed by atoms with Gasteiger partial charge in [0, 0.05) is 24.3 Å². The molecule has 2 aliphatic rings. The molecule has 0 bridgehead atoms. The van der Waals surface area contributed by atoms with E-state index in [0.717, 1.165) is 18.2 Å². The molecule has 108 valence electrons. The number of benzene rings is 1. The van der Waals surface area contributed by atoms with Crippen LogP contribution in [-0.4, -0.2) is 23.5 Å². The van der Waals surface area contributed by atoms with Gasteiger partial charge in [-0.05, 0) is 50.7 Å². The number of hydrogen-bond donors (Lipinski definition) is 1. The van der Waals surface area contributed by atoms with Crippen molar-refractivity contribution in [1.82, 2.24) is 0 Å². The summed E-state index contributed by atoms with van der Waals surface area (Å²) in [5.41, 5.74) is 1.50. The number of fused-ring (bicyclic) bond motifs is 1. The Hall–Kier alpha value is -1.51. The molecule has 3 nitrogen and oxygen atoms in total. The molecule has 1 saturated heterocycles. The van der Waals surface area contributed by atoms with Crippen molar-refractivity contribution in [2.24, 2.45) is 5.92 Å². The molecule has 0 unspecified atom stereocenters. The Balaban J connectivity index is 1.87. The average molecular weight is 273 g/mol. The highest BCUT2D eigenvalue weighted by molar-refractivity contribution is 5.97. The number of carbonyl (C=O) groups is 1. The van der Waals surface area contributed by atoms with Crippen LogP contribution in [0.15, 0.2) is 18.2 Å². The zero-order chi connectivity index (χ0) is 14.1. The Morgan fingerprint density at radius 1 is 1.20 bits per heavy atom. The Kier molecular flexibility index (Phi) is 3.68. The minimum Gasteiger partial charge on any atom is -0.507 e. The van der Waals surface area contributed by atoms with Crippen LogP contribution in [-0.2, 0) is 0 Å². The quantitative estimate of drug-likeness (QED) is 0.834. The predicted molar refractivity (Wildman–Crippen MR) is 80.4 cm³/mol. The fraction of sp³-hybridized carbons (Fsp3) is 0.588. The highest BCUT2D eigenvalue weighted by Crippen LogP contribution is 2.38. The number of hydrogen-bond acceptors (Lipinski definition) is 3. The van der Waals surface area contributed by atoms with Gasteiger partial charge < -0.3 is 10.0 Å². The average Bonchev–Trinajstić information content (AvgIpc) is 2.46. The molecular formula is C17H23NO2. The smallest absolute Gasteiger partial charge is 0.163 e. The van der Waals surface area contributed by atoms with Crippen LogP contribution in [0.3, 0.4) is 0 Å². The molecule has 2 atom stereocenters. The molecule has 2 fully saturated rings. The van der Waals surface area contributed by atoms with Gasteiger partial charge in [0.05, 0.1) is 5.56 Å². The van der Waals surface area contributed by atoms with E-state index in [4.69, 9.17) is 0 Å². The molecular weight excluding hydrogens is 250 g/mol. The first kappa shape index (κ1) is 13.5. The summed E-state index contributed by atoms with van der Waals surface area (Å²) in [6.45, 7) is 2.56. The van der Waals surface area contributed by atoms with E-state index in [2.05, 4.69) is 4.90 Å². The van der Waals surface area contributed by atoms with Gasteiger partial charge in [0.25, 0.3) is 0 Å². The van der Waals surface area contributed by atoms with Crippen molar-refractivity contribution >= 4 is 11.5 Å². The van der Waals surface area contributed by atoms with Gasteiger partial charge >= 0.3 is 0 Å². The monoisotopic (exact) mass is 273 g/mol. The van der Waals surface area contributed by atoms with Gasteiger partial charge in [0.2, 0.25) is 0 Å². The molecule has 1 aromatic rings. The van der Waals surface area contributed by atoms with Crippen molar-refractivity contribution in [3.8, 4) is 5.75 Å². The molecule has 20 heavy (non-hydrogen) atoms. The first-order valence-corrected chi connectivity index (χ1v) is 7.77. The molecule has 1 saturated carbocycles. The largest absolute Gasteiger partial charge is 0.507 e. The summed E-state index contributed by atoms with van der Waals surface area (Å²) in [4.78, 5) is 13.9. The van der Waals surface area contributed by atoms with Gasteiger partial charge in [-0.15, -0.1) is 0 Å². The maximum absolute atomic E-state index is 11.4. The highest BCUT2D eigenvalue weighted by Gasteiger charge is 2.33. The first-order valence-electron chi connectivity index (χ1n) is 7.77. The third-order valence-corrected chi connectivity index (χ3v) is 4.94. The molecule has 0 spiro atoms. The van der Waals surface area contributed by atoms with Crippen LogP contribution < -0.4 is 4.90 Å². The lowest BCUT2D eigenvalue weighted by molar-refractivity contribution is 0.101. The van der Waals surface area contributed by atoms with Crippen molar-refractivity contribution in [2.45, 2.75) is 51.5 Å². The zero-order valence-electron chi connectivity index (χ0n) is 12.1. The van der Waals surface area contributed by atoms with Crippen LogP contribution in [0.5, 0.6) is 5.75 Å². The number of anilines is 1. The number of Topliss-reactive ketones (excluding diaryl/α,β-unsaturated/α-hetero) is 1. The van der Waals surface area contributed by atoms with Crippen molar-refractivity contribution in [3.05, 3.63) is 23.8 Å². The number of carbonyl (C=O) groups excluding carboxylic acids is 1. The van der Waals surface area contributed by atoms with Crippen molar-refractivity contribution in [1.29, 1.82) is 0 Å². The zero-order valence-corrected chi connectivity index (χ0v) is 12.1. The predicted octanol–water partition coefficient (Wildman–Crippen LogP) is 3.75. The Morgan fingerprint density at radius 3 is 2.70 bits per heavy atom. The number of rotatable bonds is 2. The Labute approximate surface area is 120 Å². The number of nitrogens with zero attached hydrogens (tertiary/aromatic N) is 1. The second-order valence-corrected chi connectivity index (χ2v) is 6.21. The van der Waals surface area contributed by atoms with Gasteiger partial charge in [0.1, 0.15) is 5.75 Å². The maximum atomic E-state index is 11.4. The second-order valence-electron chi connectivity index (χ2n) is 6.21. The number of piperidine rings is 1. The molecule has 1 heterocycles. The summed E-state index contributed by atoms with van der Waals surface area (Å²) < 4.78 is 0. The van der Waals surface area contributed by atoms with Crippen LogP contribution in [0.1, 0.15) is 55.8 Å². The first-order chi connectivity index (χ1) is 9.66. The Morgan fingerprint density at radius 2 is 1.95 bits per heavy atom. The second kappa shape index (κ2) is 5.47. The van der Waals surface area contributed by atoms with E-state index < -0.39 is 0 Å². The van der Waals surface area contributed by atoms with Crippen LogP contribution in [0, 0.1) is 5.92 Å². The number of phenols is 1. The molecule has 0 amide bonds. The lowest BCUT2D eigenvalue weighted by atomic mass is 9.78. The van der Waals surface area contributed by atoms with Gasteiger partial charge in [-0.2, -0.15) is 0 Å². The van der Waals surface area contributed by atoms with E-state index >= 15 is 0 Å². The van der Waals surface area contributed by atoms with Gasteiger partial charge in [-0.25, -0.2) is 0 Å². The highest BCUT2D eigenvalue weighted by atomic mass is 16.3. The van der Waals surface area contributed by atoms with Crippen molar-refractivity contribution in [3.63, 3.8) is 0 Å².